The first kappa shape index (κ1) is 16.3. The summed E-state index contributed by atoms with van der Waals surface area (Å²) in [5.74, 6) is -0.503. The molecule has 112 valence electrons. The number of nitrogen functional groups attached to an aromatic ring is 1. The zero-order chi connectivity index (χ0) is 15.3. The highest BCUT2D eigenvalue weighted by atomic mass is 16.1. The Morgan fingerprint density at radius 1 is 1.25 bits per heavy atom. The van der Waals surface area contributed by atoms with Gasteiger partial charge in [0.25, 0.3) is 5.91 Å². The lowest BCUT2D eigenvalue weighted by Crippen LogP contribution is -2.40. The largest absolute Gasteiger partial charge is 0.398 e. The van der Waals surface area contributed by atoms with Gasteiger partial charge in [-0.15, -0.1) is 0 Å². The summed E-state index contributed by atoms with van der Waals surface area (Å²) in [5, 5.41) is 3.30. The average molecular weight is 278 g/mol. The van der Waals surface area contributed by atoms with Gasteiger partial charge in [-0.05, 0) is 45.9 Å². The number of carbonyl (C=O) groups excluding carboxylic acids is 1. The lowest BCUT2D eigenvalue weighted by molar-refractivity contribution is 0.100. The van der Waals surface area contributed by atoms with Gasteiger partial charge in [0.1, 0.15) is 0 Å². The van der Waals surface area contributed by atoms with E-state index in [1.54, 1.807) is 12.1 Å². The van der Waals surface area contributed by atoms with Crippen molar-refractivity contribution < 1.29 is 4.79 Å². The van der Waals surface area contributed by atoms with Crippen LogP contribution < -0.4 is 16.8 Å². The molecule has 0 heterocycles. The summed E-state index contributed by atoms with van der Waals surface area (Å²) in [4.78, 5) is 13.6. The van der Waals surface area contributed by atoms with Crippen LogP contribution in [0.1, 0.15) is 38.1 Å². The third kappa shape index (κ3) is 4.42. The number of primary amides is 1. The van der Waals surface area contributed by atoms with Crippen LogP contribution in [0, 0.1) is 0 Å². The maximum absolute atomic E-state index is 11.2. The standard InChI is InChI=1S/C15H26N4O/c1-10(2)19(11(3)4)8-7-18-12-5-6-14(16)13(9-12)15(17)20/h5-6,9-11,18H,7-8,16H2,1-4H3,(H2,17,20). The lowest BCUT2D eigenvalue weighted by Gasteiger charge is -2.30. The number of rotatable bonds is 7. The monoisotopic (exact) mass is 278 g/mol. The smallest absolute Gasteiger partial charge is 0.250 e. The highest BCUT2D eigenvalue weighted by Gasteiger charge is 2.12. The van der Waals surface area contributed by atoms with E-state index < -0.39 is 5.91 Å². The van der Waals surface area contributed by atoms with Gasteiger partial charge in [-0.2, -0.15) is 0 Å². The van der Waals surface area contributed by atoms with Crippen molar-refractivity contribution in [1.29, 1.82) is 0 Å². The van der Waals surface area contributed by atoms with Crippen LogP contribution in [0.4, 0.5) is 11.4 Å². The Labute approximate surface area is 121 Å². The Balaban J connectivity index is 2.62. The van der Waals surface area contributed by atoms with Gasteiger partial charge in [-0.25, -0.2) is 0 Å². The highest BCUT2D eigenvalue weighted by Crippen LogP contribution is 2.17. The Morgan fingerprint density at radius 2 is 1.85 bits per heavy atom. The Bertz CT molecular complexity index is 449. The van der Waals surface area contributed by atoms with Crippen LogP contribution in [0.3, 0.4) is 0 Å². The number of anilines is 2. The number of carbonyl (C=O) groups is 1. The zero-order valence-electron chi connectivity index (χ0n) is 12.8. The van der Waals surface area contributed by atoms with Gasteiger partial charge < -0.3 is 16.8 Å². The second-order valence-electron chi connectivity index (χ2n) is 5.52. The van der Waals surface area contributed by atoms with Crippen molar-refractivity contribution in [3.63, 3.8) is 0 Å². The lowest BCUT2D eigenvalue weighted by atomic mass is 10.1. The molecule has 0 aliphatic heterocycles. The molecular formula is C15H26N4O. The van der Waals surface area contributed by atoms with Crippen LogP contribution in [-0.4, -0.2) is 36.0 Å². The SMILES string of the molecule is CC(C)N(CCNc1ccc(N)c(C(N)=O)c1)C(C)C. The number of hydrogen-bond acceptors (Lipinski definition) is 4. The van der Waals surface area contributed by atoms with E-state index in [4.69, 9.17) is 11.5 Å². The fourth-order valence-corrected chi connectivity index (χ4v) is 2.32. The molecule has 0 radical (unpaired) electrons. The minimum atomic E-state index is -0.503. The van der Waals surface area contributed by atoms with Crippen LogP contribution in [0.15, 0.2) is 18.2 Å². The number of nitrogens with zero attached hydrogens (tertiary/aromatic N) is 1. The van der Waals surface area contributed by atoms with Crippen LogP contribution in [-0.2, 0) is 0 Å². The predicted octanol–water partition coefficient (Wildman–Crippen LogP) is 1.90. The molecule has 5 heteroatoms. The van der Waals surface area contributed by atoms with E-state index in [1.807, 2.05) is 6.07 Å². The summed E-state index contributed by atoms with van der Waals surface area (Å²) >= 11 is 0. The molecule has 1 rings (SSSR count). The topological polar surface area (TPSA) is 84.4 Å². The third-order valence-corrected chi connectivity index (χ3v) is 3.34. The van der Waals surface area contributed by atoms with Crippen molar-refractivity contribution in [1.82, 2.24) is 4.90 Å². The molecule has 1 aromatic rings. The summed E-state index contributed by atoms with van der Waals surface area (Å²) < 4.78 is 0. The first-order valence-corrected chi connectivity index (χ1v) is 7.02. The number of hydrogen-bond donors (Lipinski definition) is 3. The fraction of sp³-hybridized carbons (Fsp3) is 0.533. The first-order valence-electron chi connectivity index (χ1n) is 7.02. The zero-order valence-corrected chi connectivity index (χ0v) is 12.8. The van der Waals surface area contributed by atoms with E-state index in [9.17, 15) is 4.79 Å². The maximum atomic E-state index is 11.2. The molecule has 0 saturated carbocycles. The molecule has 20 heavy (non-hydrogen) atoms. The quantitative estimate of drug-likeness (QED) is 0.665. The molecular weight excluding hydrogens is 252 g/mol. The van der Waals surface area contributed by atoms with Gasteiger partial charge in [-0.3, -0.25) is 9.69 Å². The summed E-state index contributed by atoms with van der Waals surface area (Å²) in [6.45, 7) is 10.5. The minimum Gasteiger partial charge on any atom is -0.398 e. The number of amides is 1. The van der Waals surface area contributed by atoms with Crippen LogP contribution >= 0.6 is 0 Å². The summed E-state index contributed by atoms with van der Waals surface area (Å²) in [7, 11) is 0. The van der Waals surface area contributed by atoms with E-state index in [-0.39, 0.29) is 0 Å². The molecule has 1 amide bonds. The van der Waals surface area contributed by atoms with Gasteiger partial charge in [0, 0.05) is 36.5 Å². The first-order chi connectivity index (χ1) is 9.32. The van der Waals surface area contributed by atoms with Crippen LogP contribution in [0.5, 0.6) is 0 Å². The molecule has 5 nitrogen and oxygen atoms in total. The third-order valence-electron chi connectivity index (χ3n) is 3.34. The summed E-state index contributed by atoms with van der Waals surface area (Å²) in [5.41, 5.74) is 12.6. The molecule has 0 bridgehead atoms. The predicted molar refractivity (Wildman–Crippen MR) is 84.8 cm³/mol. The van der Waals surface area contributed by atoms with Crippen LogP contribution in [0.25, 0.3) is 0 Å². The molecule has 0 aliphatic carbocycles. The minimum absolute atomic E-state index is 0.361. The average Bonchev–Trinajstić information content (AvgIpc) is 2.35. The normalized spacial score (nSPS) is 11.3. The molecule has 0 aromatic heterocycles. The number of nitrogens with two attached hydrogens (primary N) is 2. The summed E-state index contributed by atoms with van der Waals surface area (Å²) in [6.07, 6.45) is 0. The van der Waals surface area contributed by atoms with Gasteiger partial charge in [0.05, 0.1) is 5.56 Å². The Kier molecular flexibility index (Phi) is 5.82. The molecule has 0 aliphatic rings. The molecule has 0 saturated heterocycles. The van der Waals surface area contributed by atoms with Crippen LogP contribution in [0.2, 0.25) is 0 Å². The van der Waals surface area contributed by atoms with Gasteiger partial charge >= 0.3 is 0 Å². The molecule has 1 aromatic carbocycles. The van der Waals surface area contributed by atoms with Gasteiger partial charge in [0.15, 0.2) is 0 Å². The summed E-state index contributed by atoms with van der Waals surface area (Å²) in [6, 6.07) is 6.27. The maximum Gasteiger partial charge on any atom is 0.250 e. The molecule has 0 spiro atoms. The van der Waals surface area contributed by atoms with Crippen molar-refractivity contribution in [2.75, 3.05) is 24.1 Å². The fourth-order valence-electron chi connectivity index (χ4n) is 2.32. The van der Waals surface area contributed by atoms with E-state index in [1.165, 1.54) is 0 Å². The number of nitrogens with one attached hydrogen (secondary N) is 1. The Morgan fingerprint density at radius 3 is 2.35 bits per heavy atom. The van der Waals surface area contributed by atoms with Crippen molar-refractivity contribution >= 4 is 17.3 Å². The van der Waals surface area contributed by atoms with Crippen molar-refractivity contribution in [3.05, 3.63) is 23.8 Å². The van der Waals surface area contributed by atoms with E-state index in [2.05, 4.69) is 37.9 Å². The second-order valence-corrected chi connectivity index (χ2v) is 5.52. The van der Waals surface area contributed by atoms with Crippen molar-refractivity contribution in [3.8, 4) is 0 Å². The highest BCUT2D eigenvalue weighted by molar-refractivity contribution is 5.98. The molecule has 5 N–H and O–H groups in total. The number of benzene rings is 1. The van der Waals surface area contributed by atoms with E-state index in [0.717, 1.165) is 18.8 Å². The van der Waals surface area contributed by atoms with Gasteiger partial charge in [-0.1, -0.05) is 0 Å². The van der Waals surface area contributed by atoms with Gasteiger partial charge in [0.2, 0.25) is 0 Å². The van der Waals surface area contributed by atoms with E-state index in [0.29, 0.717) is 23.3 Å². The molecule has 0 fully saturated rings. The second kappa shape index (κ2) is 7.14. The molecule has 0 atom stereocenters. The Hall–Kier alpha value is -1.75. The van der Waals surface area contributed by atoms with E-state index >= 15 is 0 Å². The molecule has 0 unspecified atom stereocenters. The van der Waals surface area contributed by atoms with Crippen molar-refractivity contribution in [2.45, 2.75) is 39.8 Å². The van der Waals surface area contributed by atoms with Crippen molar-refractivity contribution in [2.24, 2.45) is 5.73 Å².